The Morgan fingerprint density at radius 3 is 2.33 bits per heavy atom. The number of rotatable bonds is 4. The molecule has 0 saturated heterocycles. The molecule has 0 aliphatic carbocycles. The maximum absolute atomic E-state index is 13.3. The Bertz CT molecular complexity index is 1200. The molecular weight excluding hydrogens is 423 g/mol. The van der Waals surface area contributed by atoms with Gasteiger partial charge in [0.05, 0.1) is 10.7 Å². The van der Waals surface area contributed by atoms with Crippen LogP contribution in [0.2, 0.25) is 5.02 Å². The van der Waals surface area contributed by atoms with E-state index in [1.807, 2.05) is 19.1 Å². The average molecular weight is 441 g/mol. The van der Waals surface area contributed by atoms with E-state index in [1.165, 1.54) is 42.5 Å². The monoisotopic (exact) mass is 440 g/mol. The van der Waals surface area contributed by atoms with Crippen molar-refractivity contribution < 1.29 is 14.0 Å². The number of halogens is 2. The van der Waals surface area contributed by atoms with E-state index in [4.69, 9.17) is 17.3 Å². The minimum absolute atomic E-state index is 0.0809. The number of benzene rings is 2. The van der Waals surface area contributed by atoms with Crippen LogP contribution in [0, 0.1) is 5.82 Å². The van der Waals surface area contributed by atoms with Crippen LogP contribution < -0.4 is 11.1 Å². The summed E-state index contributed by atoms with van der Waals surface area (Å²) in [6, 6.07) is 12.6. The summed E-state index contributed by atoms with van der Waals surface area (Å²) < 4.78 is 13.3. The standard InChI is InChI=1S/C23H18ClFN2O2S/c1-11-17(12(2)28)18(13-3-7-15(24)8-4-13)19-20(26)22(30-23(19)27-11)21(29)14-5-9-16(25)10-6-14/h3-10,18,27H,26H2,1-2H3. The van der Waals surface area contributed by atoms with E-state index >= 15 is 0 Å². The van der Waals surface area contributed by atoms with Crippen molar-refractivity contribution in [2.75, 3.05) is 11.1 Å². The number of allylic oxidation sites excluding steroid dienone is 2. The molecule has 30 heavy (non-hydrogen) atoms. The molecule has 1 unspecified atom stereocenters. The highest BCUT2D eigenvalue weighted by molar-refractivity contribution is 7.19. The molecule has 4 rings (SSSR count). The SMILES string of the molecule is CC(=O)C1=C(C)Nc2sc(C(=O)c3ccc(F)cc3)c(N)c2C1c1ccc(Cl)cc1. The molecule has 0 spiro atoms. The van der Waals surface area contributed by atoms with Gasteiger partial charge in [-0.15, -0.1) is 11.3 Å². The predicted octanol–water partition coefficient (Wildman–Crippen LogP) is 5.77. The van der Waals surface area contributed by atoms with E-state index in [0.717, 1.165) is 16.3 Å². The number of nitrogen functional groups attached to an aromatic ring is 1. The fourth-order valence-corrected chi connectivity index (χ4v) is 5.09. The first kappa shape index (κ1) is 20.3. The minimum atomic E-state index is -0.416. The lowest BCUT2D eigenvalue weighted by Crippen LogP contribution is -2.21. The van der Waals surface area contributed by atoms with Crippen molar-refractivity contribution >= 4 is 45.2 Å². The topological polar surface area (TPSA) is 72.2 Å². The van der Waals surface area contributed by atoms with E-state index in [2.05, 4.69) is 5.32 Å². The van der Waals surface area contributed by atoms with Gasteiger partial charge in [0.2, 0.25) is 5.78 Å². The molecule has 0 bridgehead atoms. The second-order valence-corrected chi connectivity index (χ2v) is 8.59. The Morgan fingerprint density at radius 1 is 1.10 bits per heavy atom. The molecule has 3 aromatic rings. The lowest BCUT2D eigenvalue weighted by atomic mass is 9.80. The molecule has 152 valence electrons. The summed E-state index contributed by atoms with van der Waals surface area (Å²) in [5.74, 6) is -1.20. The zero-order valence-electron chi connectivity index (χ0n) is 16.3. The first-order valence-corrected chi connectivity index (χ1v) is 10.4. The predicted molar refractivity (Wildman–Crippen MR) is 119 cm³/mol. The Kier molecular flexibility index (Phi) is 5.22. The molecule has 3 N–H and O–H groups in total. The molecule has 0 amide bonds. The number of ketones is 2. The van der Waals surface area contributed by atoms with Gasteiger partial charge in [-0.25, -0.2) is 4.39 Å². The quantitative estimate of drug-likeness (QED) is 0.505. The summed E-state index contributed by atoms with van der Waals surface area (Å²) in [6.07, 6.45) is 0. The van der Waals surface area contributed by atoms with Gasteiger partial charge in [-0.05, 0) is 55.8 Å². The van der Waals surface area contributed by atoms with Crippen molar-refractivity contribution in [1.29, 1.82) is 0 Å². The van der Waals surface area contributed by atoms with Crippen LogP contribution in [-0.4, -0.2) is 11.6 Å². The number of Topliss-reactive ketones (excluding diaryl/α,β-unsaturated/α-hetero) is 1. The number of carbonyl (C=O) groups excluding carboxylic acids is 2. The van der Waals surface area contributed by atoms with Crippen molar-refractivity contribution in [3.63, 3.8) is 0 Å². The van der Waals surface area contributed by atoms with E-state index in [9.17, 15) is 14.0 Å². The molecule has 0 saturated carbocycles. The fraction of sp³-hybridized carbons (Fsp3) is 0.130. The maximum atomic E-state index is 13.3. The van der Waals surface area contributed by atoms with Crippen LogP contribution in [-0.2, 0) is 4.79 Å². The van der Waals surface area contributed by atoms with Gasteiger partial charge >= 0.3 is 0 Å². The summed E-state index contributed by atoms with van der Waals surface area (Å²) in [6.45, 7) is 3.35. The smallest absolute Gasteiger partial charge is 0.205 e. The molecular formula is C23H18ClFN2O2S. The largest absolute Gasteiger partial charge is 0.397 e. The van der Waals surface area contributed by atoms with Crippen LogP contribution in [0.1, 0.15) is 46.1 Å². The first-order chi connectivity index (χ1) is 14.3. The van der Waals surface area contributed by atoms with Crippen molar-refractivity contribution in [2.24, 2.45) is 0 Å². The highest BCUT2D eigenvalue weighted by atomic mass is 35.5. The van der Waals surface area contributed by atoms with Gasteiger partial charge in [0, 0.05) is 33.3 Å². The van der Waals surface area contributed by atoms with E-state index in [0.29, 0.717) is 32.3 Å². The van der Waals surface area contributed by atoms with Crippen molar-refractivity contribution in [3.8, 4) is 0 Å². The number of carbonyl (C=O) groups is 2. The van der Waals surface area contributed by atoms with Crippen LogP contribution in [0.3, 0.4) is 0 Å². The van der Waals surface area contributed by atoms with Crippen molar-refractivity contribution in [2.45, 2.75) is 19.8 Å². The fourth-order valence-electron chi connectivity index (χ4n) is 3.79. The van der Waals surface area contributed by atoms with Gasteiger partial charge in [-0.3, -0.25) is 9.59 Å². The van der Waals surface area contributed by atoms with Crippen LogP contribution in [0.15, 0.2) is 59.8 Å². The molecule has 7 heteroatoms. The zero-order valence-corrected chi connectivity index (χ0v) is 17.8. The molecule has 0 fully saturated rings. The van der Waals surface area contributed by atoms with Crippen molar-refractivity contribution in [3.05, 3.63) is 92.2 Å². The molecule has 0 radical (unpaired) electrons. The lowest BCUT2D eigenvalue weighted by Gasteiger charge is -2.28. The third kappa shape index (κ3) is 3.42. The lowest BCUT2D eigenvalue weighted by molar-refractivity contribution is -0.113. The number of fused-ring (bicyclic) bond motifs is 1. The second-order valence-electron chi connectivity index (χ2n) is 7.13. The number of nitrogens with two attached hydrogens (primary N) is 1. The maximum Gasteiger partial charge on any atom is 0.205 e. The van der Waals surface area contributed by atoms with Gasteiger partial charge < -0.3 is 11.1 Å². The Balaban J connectivity index is 1.88. The molecule has 4 nitrogen and oxygen atoms in total. The summed E-state index contributed by atoms with van der Waals surface area (Å²) in [7, 11) is 0. The zero-order chi connectivity index (χ0) is 21.6. The van der Waals surface area contributed by atoms with Gasteiger partial charge in [0.25, 0.3) is 0 Å². The number of thiophene rings is 1. The minimum Gasteiger partial charge on any atom is -0.397 e. The highest BCUT2D eigenvalue weighted by Gasteiger charge is 2.36. The molecule has 1 aromatic heterocycles. The molecule has 1 aliphatic rings. The third-order valence-corrected chi connectivity index (χ3v) is 6.55. The van der Waals surface area contributed by atoms with Gasteiger partial charge in [-0.1, -0.05) is 23.7 Å². The summed E-state index contributed by atoms with van der Waals surface area (Å²) in [5.41, 5.74) is 10.0. The second kappa shape index (κ2) is 7.70. The number of anilines is 2. The van der Waals surface area contributed by atoms with Crippen LogP contribution in [0.5, 0.6) is 0 Å². The van der Waals surface area contributed by atoms with Gasteiger partial charge in [-0.2, -0.15) is 0 Å². The highest BCUT2D eigenvalue weighted by Crippen LogP contribution is 2.50. The molecule has 1 aliphatic heterocycles. The van der Waals surface area contributed by atoms with Crippen LogP contribution in [0.25, 0.3) is 0 Å². The van der Waals surface area contributed by atoms with Crippen LogP contribution >= 0.6 is 22.9 Å². The summed E-state index contributed by atoms with van der Waals surface area (Å²) in [4.78, 5) is 25.9. The number of nitrogens with one attached hydrogen (secondary N) is 1. The Labute approximate surface area is 182 Å². The summed E-state index contributed by atoms with van der Waals surface area (Å²) in [5, 5.41) is 4.55. The third-order valence-electron chi connectivity index (χ3n) is 5.16. The Morgan fingerprint density at radius 2 is 1.73 bits per heavy atom. The molecule has 1 atom stereocenters. The van der Waals surface area contributed by atoms with E-state index < -0.39 is 11.7 Å². The normalized spacial score (nSPS) is 15.5. The molecule has 2 aromatic carbocycles. The first-order valence-electron chi connectivity index (χ1n) is 9.24. The summed E-state index contributed by atoms with van der Waals surface area (Å²) >= 11 is 7.29. The van der Waals surface area contributed by atoms with Gasteiger partial charge in [0.1, 0.15) is 10.7 Å². The molecule has 2 heterocycles. The van der Waals surface area contributed by atoms with E-state index in [1.54, 1.807) is 12.1 Å². The van der Waals surface area contributed by atoms with Crippen molar-refractivity contribution in [1.82, 2.24) is 0 Å². The average Bonchev–Trinajstić information content (AvgIpc) is 3.03. The number of hydrogen-bond acceptors (Lipinski definition) is 5. The van der Waals surface area contributed by atoms with Crippen LogP contribution in [0.4, 0.5) is 15.1 Å². The van der Waals surface area contributed by atoms with Gasteiger partial charge in [0.15, 0.2) is 5.78 Å². The number of hydrogen-bond donors (Lipinski definition) is 2. The Hall–Kier alpha value is -2.96. The van der Waals surface area contributed by atoms with E-state index in [-0.39, 0.29) is 11.6 Å².